The van der Waals surface area contributed by atoms with Crippen LogP contribution in [0.1, 0.15) is 50.7 Å². The van der Waals surface area contributed by atoms with Gasteiger partial charge in [-0.05, 0) is 56.1 Å². The third-order valence-electron chi connectivity index (χ3n) is 7.01. The third kappa shape index (κ3) is 7.27. The maximum atomic E-state index is 12.6. The molecule has 0 bridgehead atoms. The maximum Gasteiger partial charge on any atom is 0.225 e. The zero-order valence-corrected chi connectivity index (χ0v) is 20.4. The number of hydrogen-bond donors (Lipinski definition) is 0. The monoisotopic (exact) mass is 446 g/mol. The second-order valence-corrected chi connectivity index (χ2v) is 9.62. The van der Waals surface area contributed by atoms with Crippen LogP contribution in [0.5, 0.6) is 0 Å². The molecule has 0 N–H and O–H groups in total. The summed E-state index contributed by atoms with van der Waals surface area (Å²) >= 11 is 0. The van der Waals surface area contributed by atoms with Crippen LogP contribution >= 0.6 is 0 Å². The lowest BCUT2D eigenvalue weighted by Crippen LogP contribution is -2.43. The number of rotatable bonds is 13. The van der Waals surface area contributed by atoms with E-state index in [1.54, 1.807) is 19.1 Å². The molecular weight excluding hydrogens is 404 g/mol. The third-order valence-corrected chi connectivity index (χ3v) is 7.01. The molecule has 180 valence electrons. The highest BCUT2D eigenvalue weighted by atomic mass is 16.7. The average Bonchev–Trinajstić information content (AvgIpc) is 3.36. The Kier molecular flexibility index (Phi) is 9.97. The first-order chi connectivity index (χ1) is 15.5. The topological polar surface area (TPSA) is 51.2 Å². The first-order valence-electron chi connectivity index (χ1n) is 12.2. The molecule has 1 aromatic rings. The molecule has 0 spiro atoms. The van der Waals surface area contributed by atoms with E-state index in [-0.39, 0.29) is 11.9 Å². The van der Waals surface area contributed by atoms with E-state index in [0.29, 0.717) is 26.2 Å². The predicted octanol–water partition coefficient (Wildman–Crippen LogP) is 3.72. The lowest BCUT2D eigenvalue weighted by molar-refractivity contribution is -0.149. The van der Waals surface area contributed by atoms with E-state index < -0.39 is 6.29 Å². The van der Waals surface area contributed by atoms with Crippen molar-refractivity contribution < 1.29 is 19.0 Å². The van der Waals surface area contributed by atoms with Crippen molar-refractivity contribution in [3.63, 3.8) is 0 Å². The van der Waals surface area contributed by atoms with Gasteiger partial charge in [-0.25, -0.2) is 0 Å². The first kappa shape index (κ1) is 25.2. The number of hydrogen-bond acceptors (Lipinski definition) is 5. The van der Waals surface area contributed by atoms with Crippen LogP contribution in [-0.4, -0.2) is 75.1 Å². The van der Waals surface area contributed by atoms with Gasteiger partial charge < -0.3 is 19.1 Å². The van der Waals surface area contributed by atoms with E-state index in [9.17, 15) is 4.79 Å². The molecule has 2 unspecified atom stereocenters. The second-order valence-electron chi connectivity index (χ2n) is 9.62. The van der Waals surface area contributed by atoms with E-state index in [4.69, 9.17) is 14.2 Å². The molecule has 0 aromatic heterocycles. The number of benzene rings is 1. The number of fused-ring (bicyclic) bond motifs is 1. The zero-order chi connectivity index (χ0) is 22.9. The Hall–Kier alpha value is -1.47. The second kappa shape index (κ2) is 12.7. The number of methoxy groups -OCH3 is 2. The molecular formula is C26H42N2O4. The van der Waals surface area contributed by atoms with Crippen LogP contribution in [0.3, 0.4) is 0 Å². The van der Waals surface area contributed by atoms with E-state index >= 15 is 0 Å². The summed E-state index contributed by atoms with van der Waals surface area (Å²) in [6.07, 6.45) is 5.12. The molecule has 1 aliphatic carbocycles. The van der Waals surface area contributed by atoms with Gasteiger partial charge in [-0.2, -0.15) is 0 Å². The van der Waals surface area contributed by atoms with Gasteiger partial charge in [0.05, 0.1) is 26.2 Å². The predicted molar refractivity (Wildman–Crippen MR) is 126 cm³/mol. The average molecular weight is 447 g/mol. The summed E-state index contributed by atoms with van der Waals surface area (Å²) in [5.74, 6) is 1.95. The normalized spacial score (nSPS) is 20.9. The van der Waals surface area contributed by atoms with Crippen LogP contribution in [0.2, 0.25) is 0 Å². The molecule has 1 aromatic carbocycles. The van der Waals surface area contributed by atoms with Crippen molar-refractivity contribution in [1.82, 2.24) is 9.80 Å². The minimum absolute atomic E-state index is 0.0662. The molecule has 1 aliphatic heterocycles. The van der Waals surface area contributed by atoms with Crippen molar-refractivity contribution >= 4 is 5.91 Å². The smallest absolute Gasteiger partial charge is 0.225 e. The molecule has 1 saturated heterocycles. The number of carbonyl (C=O) groups is 1. The molecule has 2 aliphatic rings. The molecule has 6 nitrogen and oxygen atoms in total. The van der Waals surface area contributed by atoms with Crippen molar-refractivity contribution in [2.24, 2.45) is 11.8 Å². The summed E-state index contributed by atoms with van der Waals surface area (Å²) in [5, 5.41) is 0. The largest absolute Gasteiger partial charge is 0.381 e. The van der Waals surface area contributed by atoms with Crippen LogP contribution < -0.4 is 0 Å². The van der Waals surface area contributed by atoms with Crippen LogP contribution in [-0.2, 0) is 32.0 Å². The molecule has 1 amide bonds. The number of likely N-dealkylation sites (tertiary alicyclic amines) is 1. The number of ether oxygens (including phenoxy) is 3. The van der Waals surface area contributed by atoms with Crippen molar-refractivity contribution in [3.05, 3.63) is 35.4 Å². The summed E-state index contributed by atoms with van der Waals surface area (Å²) in [7, 11) is 3.18. The molecule has 32 heavy (non-hydrogen) atoms. The van der Waals surface area contributed by atoms with E-state index in [1.807, 2.05) is 13.8 Å². The molecule has 0 radical (unpaired) electrons. The zero-order valence-electron chi connectivity index (χ0n) is 20.4. The lowest BCUT2D eigenvalue weighted by atomic mass is 10.0. The minimum atomic E-state index is -0.408. The van der Waals surface area contributed by atoms with Crippen molar-refractivity contribution in [2.45, 2.75) is 64.8 Å². The van der Waals surface area contributed by atoms with Gasteiger partial charge >= 0.3 is 0 Å². The van der Waals surface area contributed by atoms with E-state index in [0.717, 1.165) is 24.8 Å². The maximum absolute atomic E-state index is 12.6. The summed E-state index contributed by atoms with van der Waals surface area (Å²) in [4.78, 5) is 17.0. The van der Waals surface area contributed by atoms with Gasteiger partial charge in [-0.1, -0.05) is 30.7 Å². The van der Waals surface area contributed by atoms with Crippen LogP contribution in [0, 0.1) is 11.8 Å². The number of nitrogens with zero attached hydrogens (tertiary/aromatic N) is 2. The van der Waals surface area contributed by atoms with Gasteiger partial charge in [0.25, 0.3) is 0 Å². The fraction of sp³-hybridized carbons (Fsp3) is 0.731. The lowest BCUT2D eigenvalue weighted by Gasteiger charge is -2.29. The molecule has 3 rings (SSSR count). The van der Waals surface area contributed by atoms with Crippen molar-refractivity contribution in [2.75, 3.05) is 47.1 Å². The minimum Gasteiger partial charge on any atom is -0.381 e. The molecule has 6 heteroatoms. The summed E-state index contributed by atoms with van der Waals surface area (Å²) in [6, 6.07) is 8.98. The van der Waals surface area contributed by atoms with Gasteiger partial charge in [-0.3, -0.25) is 9.69 Å². The Morgan fingerprint density at radius 2 is 1.78 bits per heavy atom. The van der Waals surface area contributed by atoms with Crippen LogP contribution in [0.25, 0.3) is 0 Å². The summed E-state index contributed by atoms with van der Waals surface area (Å²) in [5.41, 5.74) is 2.70. The van der Waals surface area contributed by atoms with Crippen LogP contribution in [0.15, 0.2) is 24.3 Å². The summed E-state index contributed by atoms with van der Waals surface area (Å²) < 4.78 is 16.3. The molecule has 1 saturated carbocycles. The fourth-order valence-corrected chi connectivity index (χ4v) is 5.20. The Morgan fingerprint density at radius 1 is 1.09 bits per heavy atom. The van der Waals surface area contributed by atoms with Gasteiger partial charge in [0.2, 0.25) is 5.91 Å². The highest BCUT2D eigenvalue weighted by Crippen LogP contribution is 2.38. The molecule has 2 atom stereocenters. The van der Waals surface area contributed by atoms with Gasteiger partial charge in [-0.15, -0.1) is 0 Å². The van der Waals surface area contributed by atoms with Gasteiger partial charge in [0.1, 0.15) is 0 Å². The Morgan fingerprint density at radius 3 is 2.44 bits per heavy atom. The molecule has 2 fully saturated rings. The Labute approximate surface area is 194 Å². The first-order valence-corrected chi connectivity index (χ1v) is 12.2. The highest BCUT2D eigenvalue weighted by Gasteiger charge is 2.35. The highest BCUT2D eigenvalue weighted by molar-refractivity contribution is 5.76. The van der Waals surface area contributed by atoms with E-state index in [1.165, 1.54) is 43.5 Å². The summed E-state index contributed by atoms with van der Waals surface area (Å²) in [6.45, 7) is 9.10. The van der Waals surface area contributed by atoms with Gasteiger partial charge in [0, 0.05) is 39.9 Å². The van der Waals surface area contributed by atoms with Crippen molar-refractivity contribution in [3.8, 4) is 0 Å². The van der Waals surface area contributed by atoms with Gasteiger partial charge in [0.15, 0.2) is 6.29 Å². The Bertz CT molecular complexity index is 695. The quantitative estimate of drug-likeness (QED) is 0.341. The van der Waals surface area contributed by atoms with Crippen LogP contribution in [0.4, 0.5) is 0 Å². The van der Waals surface area contributed by atoms with E-state index in [2.05, 4.69) is 29.2 Å². The molecule has 1 heterocycles. The fourth-order valence-electron chi connectivity index (χ4n) is 5.20. The standard InChI is InChI=1S/C26H42N2O4/c1-20(2)28(19-26(30-3)31-4)25(29)12-14-32-13-11-21-7-5-8-22(15-21)16-27-17-23-9-6-10-24(23)18-27/h5,7-8,15,20,23-24,26H,6,9-14,16-19H2,1-4H3. The SMILES string of the molecule is COC(CN(C(=O)CCOCCc1cccc(CN2CC3CCCC3C2)c1)C(C)C)OC. The Balaban J connectivity index is 1.36. The van der Waals surface area contributed by atoms with Crippen molar-refractivity contribution in [1.29, 1.82) is 0 Å². The number of amides is 1. The number of carbonyl (C=O) groups excluding carboxylic acids is 1.